The predicted molar refractivity (Wildman–Crippen MR) is 104 cm³/mol. The molecule has 2 heterocycles. The normalized spacial score (nSPS) is 16.8. The zero-order chi connectivity index (χ0) is 24.8. The minimum absolute atomic E-state index is 0.0643. The summed E-state index contributed by atoms with van der Waals surface area (Å²) in [5.74, 6) is 0. The van der Waals surface area contributed by atoms with E-state index in [4.69, 9.17) is 0 Å². The van der Waals surface area contributed by atoms with Crippen LogP contribution in [0.4, 0.5) is 37.7 Å². The number of alkyl halides is 6. The second kappa shape index (κ2) is 8.41. The molecule has 0 bridgehead atoms. The molecule has 0 unspecified atom stereocenters. The van der Waals surface area contributed by atoms with Crippen molar-refractivity contribution in [3.8, 4) is 0 Å². The van der Waals surface area contributed by atoms with Crippen molar-refractivity contribution in [1.82, 2.24) is 4.31 Å². The van der Waals surface area contributed by atoms with E-state index in [0.29, 0.717) is 23.5 Å². The number of thiophene rings is 1. The molecule has 1 N–H and O–H groups in total. The third kappa shape index (κ3) is 4.51. The van der Waals surface area contributed by atoms with Crippen LogP contribution in [0.2, 0.25) is 0 Å². The highest BCUT2D eigenvalue weighted by atomic mass is 32.2. The molecule has 0 atom stereocenters. The summed E-state index contributed by atoms with van der Waals surface area (Å²) in [7, 11) is -4.00. The average Bonchev–Trinajstić information content (AvgIpc) is 3.23. The standard InChI is InChI=1S/C17H15F6N3O5S2/c18-16(19,20)15(27,17(21,22)23)11-1-3-12(4-2-11)24-5-7-25(8-6-24)33(30,31)14-9-13(10-32-14)26(28)29/h1-4,9-10,27H,5-8H2. The summed E-state index contributed by atoms with van der Waals surface area (Å²) in [6, 6.07) is 3.93. The molecule has 1 aromatic heterocycles. The molecule has 0 saturated carbocycles. The molecule has 0 radical (unpaired) electrons. The summed E-state index contributed by atoms with van der Waals surface area (Å²) in [6.45, 7) is -0.000641. The Morgan fingerprint density at radius 3 is 1.91 bits per heavy atom. The van der Waals surface area contributed by atoms with Crippen molar-refractivity contribution < 1.29 is 44.8 Å². The summed E-state index contributed by atoms with van der Waals surface area (Å²) in [5.41, 5.74) is -6.56. The molecule has 0 amide bonds. The van der Waals surface area contributed by atoms with Gasteiger partial charge in [0.2, 0.25) is 0 Å². The predicted octanol–water partition coefficient (Wildman–Crippen LogP) is 3.48. The van der Waals surface area contributed by atoms with E-state index in [9.17, 15) is 50.0 Å². The van der Waals surface area contributed by atoms with Crippen LogP contribution in [-0.4, -0.2) is 61.3 Å². The highest BCUT2D eigenvalue weighted by Crippen LogP contribution is 2.50. The van der Waals surface area contributed by atoms with Crippen molar-refractivity contribution in [3.63, 3.8) is 0 Å². The van der Waals surface area contributed by atoms with Gasteiger partial charge in [0.25, 0.3) is 21.3 Å². The largest absolute Gasteiger partial charge is 0.430 e. The third-order valence-corrected chi connectivity index (χ3v) is 8.38. The fourth-order valence-electron chi connectivity index (χ4n) is 3.25. The number of sulfonamides is 1. The molecule has 1 aliphatic heterocycles. The Labute approximate surface area is 186 Å². The van der Waals surface area contributed by atoms with Crippen LogP contribution < -0.4 is 4.90 Å². The van der Waals surface area contributed by atoms with Crippen LogP contribution in [0.3, 0.4) is 0 Å². The fraction of sp³-hybridized carbons (Fsp3) is 0.412. The van der Waals surface area contributed by atoms with E-state index in [1.165, 1.54) is 0 Å². The van der Waals surface area contributed by atoms with Gasteiger partial charge < -0.3 is 10.0 Å². The summed E-state index contributed by atoms with van der Waals surface area (Å²) < 4.78 is 104. The summed E-state index contributed by atoms with van der Waals surface area (Å²) in [5, 5.41) is 21.3. The highest BCUT2D eigenvalue weighted by Gasteiger charge is 2.71. The topological polar surface area (TPSA) is 104 Å². The number of nitrogens with zero attached hydrogens (tertiary/aromatic N) is 3. The number of halogens is 6. The van der Waals surface area contributed by atoms with Crippen molar-refractivity contribution >= 4 is 32.7 Å². The van der Waals surface area contributed by atoms with Gasteiger partial charge in [0.1, 0.15) is 4.21 Å². The van der Waals surface area contributed by atoms with Gasteiger partial charge in [-0.1, -0.05) is 12.1 Å². The van der Waals surface area contributed by atoms with Gasteiger partial charge in [-0.15, -0.1) is 11.3 Å². The van der Waals surface area contributed by atoms with E-state index < -0.39 is 38.5 Å². The summed E-state index contributed by atoms with van der Waals surface area (Å²) in [6.07, 6.45) is -12.0. The molecule has 182 valence electrons. The Bertz CT molecular complexity index is 1110. The molecule has 2 aromatic rings. The maximum atomic E-state index is 13.0. The van der Waals surface area contributed by atoms with Crippen LogP contribution in [0.5, 0.6) is 0 Å². The lowest BCUT2D eigenvalue weighted by Crippen LogP contribution is -2.54. The van der Waals surface area contributed by atoms with E-state index in [2.05, 4.69) is 0 Å². The van der Waals surface area contributed by atoms with E-state index in [0.717, 1.165) is 27.9 Å². The molecule has 1 aliphatic rings. The fourth-order valence-corrected chi connectivity index (χ4v) is 5.95. The van der Waals surface area contributed by atoms with Gasteiger partial charge in [-0.25, -0.2) is 8.42 Å². The number of hydrogen-bond donors (Lipinski definition) is 1. The van der Waals surface area contributed by atoms with Gasteiger partial charge in [-0.2, -0.15) is 30.6 Å². The zero-order valence-electron chi connectivity index (χ0n) is 16.3. The van der Waals surface area contributed by atoms with Gasteiger partial charge in [0.15, 0.2) is 0 Å². The Morgan fingerprint density at radius 1 is 0.970 bits per heavy atom. The average molecular weight is 519 g/mol. The molecule has 8 nitrogen and oxygen atoms in total. The van der Waals surface area contributed by atoms with Crippen molar-refractivity contribution in [2.45, 2.75) is 22.2 Å². The lowest BCUT2D eigenvalue weighted by Gasteiger charge is -2.36. The van der Waals surface area contributed by atoms with Gasteiger partial charge in [0.05, 0.1) is 10.3 Å². The number of nitro groups is 1. The lowest BCUT2D eigenvalue weighted by atomic mass is 9.92. The Morgan fingerprint density at radius 2 is 1.48 bits per heavy atom. The van der Waals surface area contributed by atoms with Crippen LogP contribution in [0.25, 0.3) is 0 Å². The van der Waals surface area contributed by atoms with Gasteiger partial charge >= 0.3 is 12.4 Å². The SMILES string of the molecule is O=[N+]([O-])c1csc(S(=O)(=O)N2CCN(c3ccc(C(O)(C(F)(F)F)C(F)(F)F)cc3)CC2)c1. The van der Waals surface area contributed by atoms with E-state index >= 15 is 0 Å². The van der Waals surface area contributed by atoms with Crippen molar-refractivity contribution in [2.75, 3.05) is 31.1 Å². The highest BCUT2D eigenvalue weighted by molar-refractivity contribution is 7.91. The number of piperazine rings is 1. The molecule has 1 aromatic carbocycles. The molecule has 33 heavy (non-hydrogen) atoms. The van der Waals surface area contributed by atoms with Crippen LogP contribution in [0.15, 0.2) is 39.9 Å². The summed E-state index contributed by atoms with van der Waals surface area (Å²) >= 11 is 0.691. The van der Waals surface area contributed by atoms with Crippen LogP contribution >= 0.6 is 11.3 Å². The quantitative estimate of drug-likeness (QED) is 0.369. The summed E-state index contributed by atoms with van der Waals surface area (Å²) in [4.78, 5) is 11.6. The monoisotopic (exact) mass is 519 g/mol. The number of benzene rings is 1. The number of rotatable bonds is 5. The van der Waals surface area contributed by atoms with Crippen molar-refractivity contribution in [1.29, 1.82) is 0 Å². The van der Waals surface area contributed by atoms with Crippen molar-refractivity contribution in [2.24, 2.45) is 0 Å². The van der Waals surface area contributed by atoms with Crippen LogP contribution in [-0.2, 0) is 15.6 Å². The molecule has 3 rings (SSSR count). The first-order valence-corrected chi connectivity index (χ1v) is 11.4. The zero-order valence-corrected chi connectivity index (χ0v) is 17.9. The molecular weight excluding hydrogens is 504 g/mol. The molecule has 0 spiro atoms. The minimum atomic E-state index is -6.00. The van der Waals surface area contributed by atoms with Gasteiger partial charge in [-0.3, -0.25) is 10.1 Å². The van der Waals surface area contributed by atoms with Gasteiger partial charge in [-0.05, 0) is 12.1 Å². The Balaban J connectivity index is 1.74. The maximum absolute atomic E-state index is 13.0. The second-order valence-electron chi connectivity index (χ2n) is 7.02. The van der Waals surface area contributed by atoms with Gasteiger partial charge in [0, 0.05) is 43.5 Å². The first-order valence-electron chi connectivity index (χ1n) is 9.03. The van der Waals surface area contributed by atoms with E-state index in [1.54, 1.807) is 4.90 Å². The maximum Gasteiger partial charge on any atom is 0.430 e. The number of aliphatic hydroxyl groups is 1. The van der Waals surface area contributed by atoms with Crippen LogP contribution in [0, 0.1) is 10.1 Å². The first-order chi connectivity index (χ1) is 15.1. The molecule has 1 fully saturated rings. The number of anilines is 1. The Hall–Kier alpha value is -2.43. The van der Waals surface area contributed by atoms with E-state index in [1.807, 2.05) is 0 Å². The number of hydrogen-bond acceptors (Lipinski definition) is 7. The smallest absolute Gasteiger partial charge is 0.369 e. The Kier molecular flexibility index (Phi) is 6.42. The molecule has 1 saturated heterocycles. The van der Waals surface area contributed by atoms with Crippen LogP contribution in [0.1, 0.15) is 5.56 Å². The lowest BCUT2D eigenvalue weighted by molar-refractivity contribution is -0.384. The minimum Gasteiger partial charge on any atom is -0.369 e. The second-order valence-corrected chi connectivity index (χ2v) is 10.1. The van der Waals surface area contributed by atoms with E-state index in [-0.39, 0.29) is 41.8 Å². The van der Waals surface area contributed by atoms with Crippen molar-refractivity contribution in [3.05, 3.63) is 51.4 Å². The molecule has 0 aliphatic carbocycles. The first kappa shape index (κ1) is 25.2. The molecule has 16 heteroatoms. The third-order valence-electron chi connectivity index (χ3n) is 5.08. The molecular formula is C17H15F6N3O5S2.